The van der Waals surface area contributed by atoms with E-state index in [2.05, 4.69) is 11.8 Å². The zero-order valence-corrected chi connectivity index (χ0v) is 17.8. The SMILES string of the molecule is COc1ccc2c(c1)CN(C(=O)CCC(=O)O)c1cc(OC)c(OC)c(OC)c1C#C2. The van der Waals surface area contributed by atoms with E-state index in [-0.39, 0.29) is 25.3 Å². The van der Waals surface area contributed by atoms with Gasteiger partial charge in [-0.3, -0.25) is 9.59 Å². The Balaban J connectivity index is 2.26. The summed E-state index contributed by atoms with van der Waals surface area (Å²) in [6.45, 7) is 0.172. The number of hydrogen-bond acceptors (Lipinski definition) is 6. The third kappa shape index (κ3) is 4.36. The van der Waals surface area contributed by atoms with Crippen LogP contribution in [0.5, 0.6) is 23.0 Å². The van der Waals surface area contributed by atoms with Gasteiger partial charge in [0.2, 0.25) is 11.7 Å². The molecule has 0 unspecified atom stereocenters. The molecule has 0 radical (unpaired) electrons. The minimum absolute atomic E-state index is 0.168. The number of nitrogens with zero attached hydrogens (tertiary/aromatic N) is 1. The fraction of sp³-hybridized carbons (Fsp3) is 0.304. The molecule has 2 aromatic rings. The molecule has 3 rings (SSSR count). The van der Waals surface area contributed by atoms with E-state index in [0.29, 0.717) is 34.2 Å². The van der Waals surface area contributed by atoms with Gasteiger partial charge in [0.15, 0.2) is 11.5 Å². The summed E-state index contributed by atoms with van der Waals surface area (Å²) in [4.78, 5) is 25.7. The topological polar surface area (TPSA) is 94.5 Å². The van der Waals surface area contributed by atoms with Gasteiger partial charge in [0.25, 0.3) is 0 Å². The fourth-order valence-electron chi connectivity index (χ4n) is 3.38. The molecule has 31 heavy (non-hydrogen) atoms. The number of carbonyl (C=O) groups is 2. The summed E-state index contributed by atoms with van der Waals surface area (Å²) in [6.07, 6.45) is -0.454. The highest BCUT2D eigenvalue weighted by Crippen LogP contribution is 2.46. The van der Waals surface area contributed by atoms with Gasteiger partial charge in [-0.2, -0.15) is 0 Å². The maximum Gasteiger partial charge on any atom is 0.303 e. The van der Waals surface area contributed by atoms with E-state index >= 15 is 0 Å². The summed E-state index contributed by atoms with van der Waals surface area (Å²) in [5.74, 6) is 6.49. The van der Waals surface area contributed by atoms with Crippen molar-refractivity contribution in [1.29, 1.82) is 0 Å². The highest BCUT2D eigenvalue weighted by molar-refractivity contribution is 5.97. The van der Waals surface area contributed by atoms with E-state index in [1.165, 1.54) is 26.2 Å². The molecule has 8 nitrogen and oxygen atoms in total. The van der Waals surface area contributed by atoms with Crippen molar-refractivity contribution in [2.45, 2.75) is 19.4 Å². The smallest absolute Gasteiger partial charge is 0.303 e. The van der Waals surface area contributed by atoms with Crippen LogP contribution in [0.25, 0.3) is 0 Å². The minimum atomic E-state index is -1.05. The van der Waals surface area contributed by atoms with E-state index in [1.807, 2.05) is 12.1 Å². The number of amides is 1. The lowest BCUT2D eigenvalue weighted by Crippen LogP contribution is -2.32. The maximum absolute atomic E-state index is 13.1. The van der Waals surface area contributed by atoms with Crippen LogP contribution in [-0.4, -0.2) is 45.4 Å². The van der Waals surface area contributed by atoms with Gasteiger partial charge < -0.3 is 29.0 Å². The van der Waals surface area contributed by atoms with Gasteiger partial charge in [-0.1, -0.05) is 11.8 Å². The summed E-state index contributed by atoms with van der Waals surface area (Å²) in [5.41, 5.74) is 2.39. The molecule has 1 aliphatic rings. The lowest BCUT2D eigenvalue weighted by atomic mass is 10.0. The summed E-state index contributed by atoms with van der Waals surface area (Å²) in [6, 6.07) is 7.07. The number of hydrogen-bond donors (Lipinski definition) is 1. The molecule has 2 aromatic carbocycles. The molecular weight excluding hydrogens is 402 g/mol. The number of ether oxygens (including phenoxy) is 4. The van der Waals surface area contributed by atoms with Crippen molar-refractivity contribution >= 4 is 17.6 Å². The second-order valence-corrected chi connectivity index (χ2v) is 6.69. The molecule has 0 saturated carbocycles. The Kier molecular flexibility index (Phi) is 6.55. The molecule has 1 heterocycles. The Morgan fingerprint density at radius 3 is 2.32 bits per heavy atom. The van der Waals surface area contributed by atoms with Crippen molar-refractivity contribution in [2.75, 3.05) is 33.3 Å². The quantitative estimate of drug-likeness (QED) is 0.682. The molecular formula is C23H23NO7. The van der Waals surface area contributed by atoms with Crippen molar-refractivity contribution in [3.05, 3.63) is 41.0 Å². The number of fused-ring (bicyclic) bond motifs is 2. The predicted molar refractivity (Wildman–Crippen MR) is 113 cm³/mol. The molecule has 8 heteroatoms. The van der Waals surface area contributed by atoms with Gasteiger partial charge in [-0.15, -0.1) is 0 Å². The highest BCUT2D eigenvalue weighted by atomic mass is 16.5. The van der Waals surface area contributed by atoms with Gasteiger partial charge in [0, 0.05) is 18.1 Å². The summed E-state index contributed by atoms with van der Waals surface area (Å²) < 4.78 is 21.8. The second-order valence-electron chi connectivity index (χ2n) is 6.69. The van der Waals surface area contributed by atoms with Crippen molar-refractivity contribution in [3.8, 4) is 34.8 Å². The van der Waals surface area contributed by atoms with Crippen LogP contribution in [0.15, 0.2) is 24.3 Å². The normalized spacial score (nSPS) is 11.7. The Morgan fingerprint density at radius 2 is 1.71 bits per heavy atom. The van der Waals surface area contributed by atoms with Crippen molar-refractivity contribution in [1.82, 2.24) is 0 Å². The van der Waals surface area contributed by atoms with Gasteiger partial charge in [-0.25, -0.2) is 0 Å². The first-order valence-electron chi connectivity index (χ1n) is 9.47. The van der Waals surface area contributed by atoms with E-state index in [1.54, 1.807) is 19.2 Å². The lowest BCUT2D eigenvalue weighted by Gasteiger charge is -2.28. The van der Waals surface area contributed by atoms with Crippen molar-refractivity contribution < 1.29 is 33.6 Å². The number of methoxy groups -OCH3 is 4. The third-order valence-electron chi connectivity index (χ3n) is 4.92. The van der Waals surface area contributed by atoms with Gasteiger partial charge >= 0.3 is 5.97 Å². The number of benzene rings is 2. The standard InChI is InChI=1S/C23H23NO7/c1-28-16-7-5-14-6-8-17-18(12-19(29-2)23(31-4)22(17)30-3)24(13-15(14)11-16)20(25)9-10-21(26)27/h5,7,11-12H,9-10,13H2,1-4H3,(H,26,27). The second kappa shape index (κ2) is 9.30. The van der Waals surface area contributed by atoms with Crippen LogP contribution in [-0.2, 0) is 16.1 Å². The van der Waals surface area contributed by atoms with Gasteiger partial charge in [-0.05, 0) is 23.8 Å². The Hall–Kier alpha value is -3.86. The first-order valence-corrected chi connectivity index (χ1v) is 9.47. The number of aliphatic carboxylic acids is 1. The summed E-state index contributed by atoms with van der Waals surface area (Å²) in [5, 5.41) is 9.05. The molecule has 0 atom stereocenters. The number of carboxylic acid groups (broad SMARTS) is 1. The van der Waals surface area contributed by atoms with Crippen LogP contribution in [0.2, 0.25) is 0 Å². The number of carbonyl (C=O) groups excluding carboxylic acids is 1. The molecule has 162 valence electrons. The molecule has 0 saturated heterocycles. The number of anilines is 1. The van der Waals surface area contributed by atoms with E-state index in [4.69, 9.17) is 24.1 Å². The fourth-order valence-corrected chi connectivity index (χ4v) is 3.38. The van der Waals surface area contributed by atoms with Crippen molar-refractivity contribution in [3.63, 3.8) is 0 Å². The molecule has 0 bridgehead atoms. The average molecular weight is 425 g/mol. The van der Waals surface area contributed by atoms with Crippen LogP contribution in [0, 0.1) is 11.8 Å². The molecule has 0 spiro atoms. The van der Waals surface area contributed by atoms with Crippen LogP contribution in [0.3, 0.4) is 0 Å². The van der Waals surface area contributed by atoms with E-state index < -0.39 is 5.97 Å². The zero-order chi connectivity index (χ0) is 22.5. The van der Waals surface area contributed by atoms with E-state index in [0.717, 1.165) is 11.1 Å². The largest absolute Gasteiger partial charge is 0.497 e. The molecule has 1 N–H and O–H groups in total. The average Bonchev–Trinajstić information content (AvgIpc) is 2.77. The van der Waals surface area contributed by atoms with Gasteiger partial charge in [0.1, 0.15) is 5.75 Å². The molecule has 0 fully saturated rings. The molecule has 0 aromatic heterocycles. The molecule has 1 aliphatic heterocycles. The van der Waals surface area contributed by atoms with Crippen LogP contribution >= 0.6 is 0 Å². The van der Waals surface area contributed by atoms with Crippen LogP contribution in [0.4, 0.5) is 5.69 Å². The van der Waals surface area contributed by atoms with Gasteiger partial charge in [0.05, 0.1) is 52.7 Å². The first kappa shape index (κ1) is 21.8. The maximum atomic E-state index is 13.1. The molecule has 1 amide bonds. The minimum Gasteiger partial charge on any atom is -0.497 e. The number of rotatable bonds is 7. The Labute approximate surface area is 180 Å². The monoisotopic (exact) mass is 425 g/mol. The zero-order valence-electron chi connectivity index (χ0n) is 17.8. The van der Waals surface area contributed by atoms with Crippen LogP contribution < -0.4 is 23.8 Å². The third-order valence-corrected chi connectivity index (χ3v) is 4.92. The number of carboxylic acids is 1. The highest BCUT2D eigenvalue weighted by Gasteiger charge is 2.28. The first-order chi connectivity index (χ1) is 14.9. The predicted octanol–water partition coefficient (Wildman–Crippen LogP) is 2.83. The van der Waals surface area contributed by atoms with Crippen LogP contribution in [0.1, 0.15) is 29.5 Å². The molecule has 0 aliphatic carbocycles. The lowest BCUT2D eigenvalue weighted by molar-refractivity contribution is -0.138. The Morgan fingerprint density at radius 1 is 0.968 bits per heavy atom. The Bertz CT molecular complexity index is 1080. The van der Waals surface area contributed by atoms with Crippen molar-refractivity contribution in [2.24, 2.45) is 0 Å². The summed E-state index contributed by atoms with van der Waals surface area (Å²) >= 11 is 0. The summed E-state index contributed by atoms with van der Waals surface area (Å²) in [7, 11) is 6.01. The van der Waals surface area contributed by atoms with E-state index in [9.17, 15) is 9.59 Å².